The molecule has 5 rings (SSSR count). The second-order valence-corrected chi connectivity index (χ2v) is 13.5. The van der Waals surface area contributed by atoms with Gasteiger partial charge in [-0.3, -0.25) is 0 Å². The van der Waals surface area contributed by atoms with Gasteiger partial charge in [0.1, 0.15) is 18.1 Å². The molecule has 0 radical (unpaired) electrons. The van der Waals surface area contributed by atoms with Gasteiger partial charge in [-0.25, -0.2) is 8.96 Å². The second-order valence-electron chi connectivity index (χ2n) is 8.30. The highest BCUT2D eigenvalue weighted by atomic mass is 79.9. The van der Waals surface area contributed by atoms with E-state index in [4.69, 9.17) is 11.8 Å². The highest BCUT2D eigenvalue weighted by molar-refractivity contribution is 9.10. The van der Waals surface area contributed by atoms with E-state index in [-0.39, 0.29) is 5.82 Å². The molecule has 35 heavy (non-hydrogen) atoms. The summed E-state index contributed by atoms with van der Waals surface area (Å²) in [4.78, 5) is 0. The van der Waals surface area contributed by atoms with Gasteiger partial charge >= 0.3 is 0 Å². The lowest BCUT2D eigenvalue weighted by Gasteiger charge is -2.21. The molecular formula is C29H24BrFN2PS+. The van der Waals surface area contributed by atoms with Gasteiger partial charge in [-0.2, -0.15) is 4.40 Å². The molecule has 3 aromatic carbocycles. The molecule has 0 atom stereocenters. The van der Waals surface area contributed by atoms with E-state index in [0.29, 0.717) is 11.0 Å². The molecule has 2 heterocycles. The normalized spacial score (nSPS) is 12.0. The van der Waals surface area contributed by atoms with Crippen molar-refractivity contribution in [2.75, 3.05) is 0 Å². The van der Waals surface area contributed by atoms with Gasteiger partial charge in [0.2, 0.25) is 0 Å². The van der Waals surface area contributed by atoms with Crippen LogP contribution in [-0.4, -0.2) is 4.57 Å². The summed E-state index contributed by atoms with van der Waals surface area (Å²) in [6.07, 6.45) is 6.13. The molecule has 0 fully saturated rings. The SMILES string of the molecule is Cc1c(P(=S)(c2ccccc2)c2ccccc2)[n+]2ccccc2n1CC=Cc1ccc(Br)c(F)c1. The fraction of sp³-hybridized carbons (Fsp3) is 0.0690. The Bertz CT molecular complexity index is 1540. The Kier molecular flexibility index (Phi) is 6.84. The van der Waals surface area contributed by atoms with Crippen LogP contribution in [0, 0.1) is 12.7 Å². The summed E-state index contributed by atoms with van der Waals surface area (Å²) in [6.45, 7) is 2.80. The van der Waals surface area contributed by atoms with Crippen molar-refractivity contribution in [2.24, 2.45) is 0 Å². The lowest BCUT2D eigenvalue weighted by Crippen LogP contribution is -2.42. The number of fused-ring (bicyclic) bond motifs is 1. The molecule has 0 aliphatic rings. The number of allylic oxidation sites excluding steroid dienone is 1. The van der Waals surface area contributed by atoms with Crippen LogP contribution in [0.2, 0.25) is 0 Å². The molecule has 0 amide bonds. The molecule has 0 spiro atoms. The topological polar surface area (TPSA) is 9.03 Å². The summed E-state index contributed by atoms with van der Waals surface area (Å²) in [5, 5.41) is 2.33. The summed E-state index contributed by atoms with van der Waals surface area (Å²) < 4.78 is 19.0. The van der Waals surface area contributed by atoms with Gasteiger partial charge in [-0.1, -0.05) is 90.7 Å². The number of nitrogens with zero attached hydrogens (tertiary/aromatic N) is 2. The Hall–Kier alpha value is -2.85. The van der Waals surface area contributed by atoms with Gasteiger partial charge in [0.05, 0.1) is 16.7 Å². The third-order valence-corrected chi connectivity index (χ3v) is 11.8. The molecule has 0 aliphatic carbocycles. The number of halogens is 2. The van der Waals surface area contributed by atoms with Crippen LogP contribution in [0.5, 0.6) is 0 Å². The molecule has 2 nitrogen and oxygen atoms in total. The van der Waals surface area contributed by atoms with Crippen molar-refractivity contribution in [1.29, 1.82) is 0 Å². The van der Waals surface area contributed by atoms with E-state index in [2.05, 4.69) is 111 Å². The van der Waals surface area contributed by atoms with Crippen LogP contribution in [0.4, 0.5) is 4.39 Å². The molecule has 174 valence electrons. The predicted molar refractivity (Wildman–Crippen MR) is 152 cm³/mol. The van der Waals surface area contributed by atoms with Crippen molar-refractivity contribution in [3.8, 4) is 0 Å². The standard InChI is InChI=1S/C29H24BrFN2PS/c1-22-29(34(35,24-12-4-2-5-13-24)25-14-6-3-7-15-25)33-19-9-8-16-28(33)32(22)20-10-11-23-17-18-26(30)27(31)21-23/h2-19,21H,20H2,1H3/q+1. The maximum absolute atomic E-state index is 14.0. The molecule has 0 N–H and O–H groups in total. The largest absolute Gasteiger partial charge is 0.287 e. The van der Waals surface area contributed by atoms with Gasteiger partial charge < -0.3 is 0 Å². The summed E-state index contributed by atoms with van der Waals surface area (Å²) in [5.74, 6) is -0.265. The first kappa shape index (κ1) is 23.9. The molecule has 6 heteroatoms. The molecule has 0 aliphatic heterocycles. The Balaban J connectivity index is 1.67. The summed E-state index contributed by atoms with van der Waals surface area (Å²) in [5.41, 5.74) is 4.20. The minimum absolute atomic E-state index is 0.265. The van der Waals surface area contributed by atoms with Crippen LogP contribution in [0.3, 0.4) is 0 Å². The van der Waals surface area contributed by atoms with Crippen LogP contribution >= 0.6 is 22.0 Å². The number of aromatic nitrogens is 2. The molecule has 0 bridgehead atoms. The number of hydrogen-bond acceptors (Lipinski definition) is 1. The molecule has 2 aromatic heterocycles. The van der Waals surface area contributed by atoms with E-state index in [9.17, 15) is 4.39 Å². The van der Waals surface area contributed by atoms with Crippen molar-refractivity contribution in [3.05, 3.63) is 131 Å². The third-order valence-electron chi connectivity index (χ3n) is 6.15. The first-order valence-electron chi connectivity index (χ1n) is 11.3. The zero-order chi connectivity index (χ0) is 24.4. The fourth-order valence-electron chi connectivity index (χ4n) is 4.49. The maximum atomic E-state index is 14.0. The maximum Gasteiger partial charge on any atom is 0.287 e. The molecule has 5 aromatic rings. The summed E-state index contributed by atoms with van der Waals surface area (Å²) in [6, 6.07) is 30.0. The Morgan fingerprint density at radius 1 is 0.914 bits per heavy atom. The number of rotatable bonds is 6. The quantitative estimate of drug-likeness (QED) is 0.185. The zero-order valence-electron chi connectivity index (χ0n) is 19.2. The summed E-state index contributed by atoms with van der Waals surface area (Å²) >= 11 is 9.88. The van der Waals surface area contributed by atoms with Crippen molar-refractivity contribution in [2.45, 2.75) is 13.5 Å². The van der Waals surface area contributed by atoms with E-state index >= 15 is 0 Å². The van der Waals surface area contributed by atoms with Crippen LogP contribution in [0.15, 0.2) is 114 Å². The minimum atomic E-state index is -2.34. The minimum Gasteiger partial charge on any atom is -0.223 e. The van der Waals surface area contributed by atoms with E-state index in [1.54, 1.807) is 6.07 Å². The van der Waals surface area contributed by atoms with Crippen LogP contribution in [0.25, 0.3) is 11.7 Å². The molecule has 0 unspecified atom stereocenters. The van der Waals surface area contributed by atoms with Crippen LogP contribution < -0.4 is 20.4 Å². The Morgan fingerprint density at radius 3 is 2.17 bits per heavy atom. The van der Waals surface area contributed by atoms with Gasteiger partial charge in [0.15, 0.2) is 5.44 Å². The number of imidazole rings is 1. The van der Waals surface area contributed by atoms with Gasteiger partial charge in [0, 0.05) is 13.0 Å². The van der Waals surface area contributed by atoms with E-state index in [1.165, 1.54) is 16.7 Å². The molecule has 0 saturated heterocycles. The van der Waals surface area contributed by atoms with Gasteiger partial charge in [-0.05, 0) is 56.4 Å². The van der Waals surface area contributed by atoms with Gasteiger partial charge in [-0.15, -0.1) is 0 Å². The van der Waals surface area contributed by atoms with Crippen molar-refractivity contribution in [3.63, 3.8) is 0 Å². The van der Waals surface area contributed by atoms with Crippen molar-refractivity contribution >= 4 is 61.5 Å². The smallest absolute Gasteiger partial charge is 0.223 e. The highest BCUT2D eigenvalue weighted by Gasteiger charge is 2.36. The van der Waals surface area contributed by atoms with E-state index < -0.39 is 6.04 Å². The molecule has 0 saturated carbocycles. The first-order chi connectivity index (χ1) is 17.0. The predicted octanol–water partition coefficient (Wildman–Crippen LogP) is 5.91. The Labute approximate surface area is 218 Å². The van der Waals surface area contributed by atoms with Crippen molar-refractivity contribution < 1.29 is 8.79 Å². The average Bonchev–Trinajstić information content (AvgIpc) is 3.18. The Morgan fingerprint density at radius 2 is 1.54 bits per heavy atom. The average molecular weight is 562 g/mol. The second kappa shape index (κ2) is 10.0. The van der Waals surface area contributed by atoms with Crippen LogP contribution in [0.1, 0.15) is 11.3 Å². The van der Waals surface area contributed by atoms with Crippen LogP contribution in [-0.2, 0) is 18.4 Å². The molecular weight excluding hydrogens is 538 g/mol. The highest BCUT2D eigenvalue weighted by Crippen LogP contribution is 2.42. The monoisotopic (exact) mass is 561 g/mol. The lowest BCUT2D eigenvalue weighted by atomic mass is 10.2. The lowest BCUT2D eigenvalue weighted by molar-refractivity contribution is -0.490. The number of benzene rings is 3. The fourth-order valence-corrected chi connectivity index (χ4v) is 9.15. The zero-order valence-corrected chi connectivity index (χ0v) is 22.5. The van der Waals surface area contributed by atoms with Crippen molar-refractivity contribution in [1.82, 2.24) is 4.57 Å². The summed E-state index contributed by atoms with van der Waals surface area (Å²) in [7, 11) is 0. The number of hydrogen-bond donors (Lipinski definition) is 0. The van der Waals surface area contributed by atoms with E-state index in [0.717, 1.165) is 22.3 Å². The van der Waals surface area contributed by atoms with E-state index in [1.807, 2.05) is 24.3 Å². The third kappa shape index (κ3) is 4.45. The van der Waals surface area contributed by atoms with Gasteiger partial charge in [0.25, 0.3) is 5.65 Å². The first-order valence-corrected chi connectivity index (χ1v) is 14.9. The number of pyridine rings is 1.